The van der Waals surface area contributed by atoms with Gasteiger partial charge in [0.15, 0.2) is 0 Å². The van der Waals surface area contributed by atoms with Gasteiger partial charge in [-0.25, -0.2) is 4.98 Å². The highest BCUT2D eigenvalue weighted by Crippen LogP contribution is 2.21. The van der Waals surface area contributed by atoms with Gasteiger partial charge in [-0.3, -0.25) is 4.79 Å². The van der Waals surface area contributed by atoms with E-state index >= 15 is 0 Å². The summed E-state index contributed by atoms with van der Waals surface area (Å²) >= 11 is 0. The van der Waals surface area contributed by atoms with Gasteiger partial charge in [-0.1, -0.05) is 36.4 Å². The molecular formula is C17H15N3O. The van der Waals surface area contributed by atoms with E-state index in [0.29, 0.717) is 11.4 Å². The lowest BCUT2D eigenvalue weighted by molar-refractivity contribution is 0.102. The van der Waals surface area contributed by atoms with Gasteiger partial charge in [-0.05, 0) is 24.3 Å². The minimum atomic E-state index is -0.142. The summed E-state index contributed by atoms with van der Waals surface area (Å²) in [7, 11) is 1.79. The maximum atomic E-state index is 12.5. The Bertz CT molecular complexity index is 784. The molecule has 3 aromatic rings. The van der Waals surface area contributed by atoms with E-state index in [1.807, 2.05) is 54.6 Å². The zero-order valence-corrected chi connectivity index (χ0v) is 11.6. The van der Waals surface area contributed by atoms with E-state index in [2.05, 4.69) is 15.6 Å². The molecule has 0 aliphatic heterocycles. The molecular weight excluding hydrogens is 262 g/mol. The van der Waals surface area contributed by atoms with Gasteiger partial charge in [0, 0.05) is 18.1 Å². The smallest absolute Gasteiger partial charge is 0.256 e. The van der Waals surface area contributed by atoms with Crippen LogP contribution in [0.2, 0.25) is 0 Å². The van der Waals surface area contributed by atoms with Crippen molar-refractivity contribution in [2.45, 2.75) is 0 Å². The van der Waals surface area contributed by atoms with Crippen LogP contribution in [0.1, 0.15) is 10.4 Å². The van der Waals surface area contributed by atoms with Crippen molar-refractivity contribution in [2.75, 3.05) is 17.7 Å². The Hall–Kier alpha value is -2.88. The first-order valence-electron chi connectivity index (χ1n) is 6.72. The molecule has 104 valence electrons. The lowest BCUT2D eigenvalue weighted by atomic mass is 10.1. The summed E-state index contributed by atoms with van der Waals surface area (Å²) in [5.41, 5.74) is 2.17. The zero-order valence-electron chi connectivity index (χ0n) is 11.6. The molecule has 0 radical (unpaired) electrons. The summed E-state index contributed by atoms with van der Waals surface area (Å²) in [6.45, 7) is 0. The molecule has 2 aromatic carbocycles. The van der Waals surface area contributed by atoms with Crippen LogP contribution in [-0.4, -0.2) is 17.9 Å². The van der Waals surface area contributed by atoms with E-state index in [4.69, 9.17) is 0 Å². The van der Waals surface area contributed by atoms with Gasteiger partial charge >= 0.3 is 0 Å². The lowest BCUT2D eigenvalue weighted by Crippen LogP contribution is -2.13. The summed E-state index contributed by atoms with van der Waals surface area (Å²) in [6, 6.07) is 18.8. The largest absolute Gasteiger partial charge is 0.373 e. The number of pyridine rings is 1. The summed E-state index contributed by atoms with van der Waals surface area (Å²) in [5, 5.41) is 6.73. The normalized spacial score (nSPS) is 10.3. The molecule has 0 saturated heterocycles. The number of hydrogen-bond donors (Lipinski definition) is 2. The Morgan fingerprint density at radius 3 is 2.48 bits per heavy atom. The highest BCUT2D eigenvalue weighted by molar-refractivity contribution is 6.12. The van der Waals surface area contributed by atoms with Crippen LogP contribution in [0.3, 0.4) is 0 Å². The van der Waals surface area contributed by atoms with Crippen LogP contribution in [0.15, 0.2) is 60.7 Å². The van der Waals surface area contributed by atoms with Crippen molar-refractivity contribution in [2.24, 2.45) is 0 Å². The molecule has 4 heteroatoms. The summed E-state index contributed by atoms with van der Waals surface area (Å²) in [5.74, 6) is 0.531. The maximum Gasteiger partial charge on any atom is 0.256 e. The second-order valence-corrected chi connectivity index (χ2v) is 4.64. The molecule has 21 heavy (non-hydrogen) atoms. The number of benzene rings is 2. The number of nitrogens with zero attached hydrogens (tertiary/aromatic N) is 1. The number of hydrogen-bond acceptors (Lipinski definition) is 3. The molecule has 4 nitrogen and oxygen atoms in total. The van der Waals surface area contributed by atoms with Crippen molar-refractivity contribution in [3.63, 3.8) is 0 Å². The molecule has 0 saturated carbocycles. The first-order valence-corrected chi connectivity index (χ1v) is 6.72. The molecule has 0 spiro atoms. The number of carbonyl (C=O) groups excluding carboxylic acids is 1. The van der Waals surface area contributed by atoms with Gasteiger partial charge in [0.25, 0.3) is 5.91 Å². The quantitative estimate of drug-likeness (QED) is 0.770. The Morgan fingerprint density at radius 1 is 1.00 bits per heavy atom. The van der Waals surface area contributed by atoms with Crippen molar-refractivity contribution >= 4 is 28.3 Å². The topological polar surface area (TPSA) is 54.0 Å². The van der Waals surface area contributed by atoms with E-state index in [0.717, 1.165) is 16.6 Å². The Morgan fingerprint density at radius 2 is 1.71 bits per heavy atom. The third-order valence-electron chi connectivity index (χ3n) is 3.25. The minimum Gasteiger partial charge on any atom is -0.373 e. The fourth-order valence-electron chi connectivity index (χ4n) is 2.21. The average Bonchev–Trinajstić information content (AvgIpc) is 2.54. The fourth-order valence-corrected chi connectivity index (χ4v) is 2.21. The van der Waals surface area contributed by atoms with E-state index in [-0.39, 0.29) is 5.91 Å². The van der Waals surface area contributed by atoms with Crippen molar-refractivity contribution in [1.29, 1.82) is 0 Å². The van der Waals surface area contributed by atoms with Crippen LogP contribution in [0.25, 0.3) is 10.9 Å². The molecule has 0 bridgehead atoms. The van der Waals surface area contributed by atoms with E-state index in [1.165, 1.54) is 0 Å². The number of fused-ring (bicyclic) bond motifs is 1. The average molecular weight is 277 g/mol. The number of nitrogens with one attached hydrogen (secondary N) is 2. The first kappa shape index (κ1) is 13.1. The molecule has 0 unspecified atom stereocenters. The summed E-state index contributed by atoms with van der Waals surface area (Å²) in [4.78, 5) is 17.0. The number of aromatic nitrogens is 1. The molecule has 0 aliphatic carbocycles. The number of para-hydroxylation sites is 2. The van der Waals surface area contributed by atoms with Crippen LogP contribution in [-0.2, 0) is 0 Å². The summed E-state index contributed by atoms with van der Waals surface area (Å²) in [6.07, 6.45) is 0. The predicted octanol–water partition coefficient (Wildman–Crippen LogP) is 3.53. The number of carbonyl (C=O) groups is 1. The highest BCUT2D eigenvalue weighted by Gasteiger charge is 2.12. The molecule has 0 fully saturated rings. The van der Waals surface area contributed by atoms with Gasteiger partial charge in [0.1, 0.15) is 5.82 Å². The zero-order chi connectivity index (χ0) is 14.7. The Labute approximate surface area is 122 Å². The van der Waals surface area contributed by atoms with Crippen molar-refractivity contribution in [3.05, 3.63) is 66.2 Å². The van der Waals surface area contributed by atoms with Gasteiger partial charge in [0.2, 0.25) is 0 Å². The SMILES string of the molecule is CNc1cc(C(=O)Nc2ccccc2)c2ccccc2n1. The molecule has 0 aliphatic rings. The van der Waals surface area contributed by atoms with Gasteiger partial charge in [-0.15, -0.1) is 0 Å². The molecule has 2 N–H and O–H groups in total. The van der Waals surface area contributed by atoms with Gasteiger partial charge in [-0.2, -0.15) is 0 Å². The lowest BCUT2D eigenvalue weighted by Gasteiger charge is -2.10. The van der Waals surface area contributed by atoms with E-state index in [9.17, 15) is 4.79 Å². The van der Waals surface area contributed by atoms with Crippen molar-refractivity contribution < 1.29 is 4.79 Å². The molecule has 3 rings (SSSR count). The van der Waals surface area contributed by atoms with Gasteiger partial charge < -0.3 is 10.6 Å². The predicted molar refractivity (Wildman–Crippen MR) is 85.7 cm³/mol. The third kappa shape index (κ3) is 2.69. The third-order valence-corrected chi connectivity index (χ3v) is 3.25. The second-order valence-electron chi connectivity index (χ2n) is 4.64. The van der Waals surface area contributed by atoms with E-state index < -0.39 is 0 Å². The monoisotopic (exact) mass is 277 g/mol. The van der Waals surface area contributed by atoms with E-state index in [1.54, 1.807) is 13.1 Å². The Balaban J connectivity index is 2.04. The van der Waals surface area contributed by atoms with Crippen LogP contribution in [0, 0.1) is 0 Å². The minimum absolute atomic E-state index is 0.142. The van der Waals surface area contributed by atoms with Crippen LogP contribution >= 0.6 is 0 Å². The maximum absolute atomic E-state index is 12.5. The fraction of sp³-hybridized carbons (Fsp3) is 0.0588. The Kier molecular flexibility index (Phi) is 3.51. The van der Waals surface area contributed by atoms with Crippen LogP contribution in [0.4, 0.5) is 11.5 Å². The molecule has 1 aromatic heterocycles. The standard InChI is InChI=1S/C17H15N3O/c1-18-16-11-14(13-9-5-6-10-15(13)20-16)17(21)19-12-7-3-2-4-8-12/h2-11H,1H3,(H,18,20)(H,19,21). The molecule has 1 amide bonds. The molecule has 0 atom stereocenters. The highest BCUT2D eigenvalue weighted by atomic mass is 16.1. The van der Waals surface area contributed by atoms with Gasteiger partial charge in [0.05, 0.1) is 11.1 Å². The van der Waals surface area contributed by atoms with Crippen LogP contribution < -0.4 is 10.6 Å². The second kappa shape index (κ2) is 5.63. The number of anilines is 2. The van der Waals surface area contributed by atoms with Crippen molar-refractivity contribution in [1.82, 2.24) is 4.98 Å². The number of rotatable bonds is 3. The van der Waals surface area contributed by atoms with Crippen LogP contribution in [0.5, 0.6) is 0 Å². The van der Waals surface area contributed by atoms with Crippen molar-refractivity contribution in [3.8, 4) is 0 Å². The first-order chi connectivity index (χ1) is 10.3. The summed E-state index contributed by atoms with van der Waals surface area (Å²) < 4.78 is 0. The number of amides is 1. The molecule has 1 heterocycles.